The topological polar surface area (TPSA) is 46.9 Å². The van der Waals surface area contributed by atoms with Gasteiger partial charge in [0.2, 0.25) is 0 Å². The maximum Gasteiger partial charge on any atom is 0.251 e. The first kappa shape index (κ1) is 15.1. The fourth-order valence-corrected chi connectivity index (χ4v) is 2.89. The van der Waals surface area contributed by atoms with E-state index in [0.29, 0.717) is 17.1 Å². The Kier molecular flexibility index (Phi) is 4.50. The van der Waals surface area contributed by atoms with E-state index in [1.54, 1.807) is 18.2 Å². The average molecular weight is 357 g/mol. The number of hydrogen-bond acceptors (Lipinski definition) is 2. The SMILES string of the molecule is Cc1nn(C)c(C)c1CNC(=O)c1cc(Cl)cc(Br)c1. The summed E-state index contributed by atoms with van der Waals surface area (Å²) in [5.74, 6) is -0.157. The molecule has 0 aliphatic heterocycles. The zero-order valence-corrected chi connectivity index (χ0v) is 13.8. The zero-order chi connectivity index (χ0) is 14.9. The summed E-state index contributed by atoms with van der Waals surface area (Å²) < 4.78 is 2.59. The van der Waals surface area contributed by atoms with Crippen molar-refractivity contribution in [2.45, 2.75) is 20.4 Å². The molecule has 0 aliphatic carbocycles. The second-order valence-electron chi connectivity index (χ2n) is 4.61. The van der Waals surface area contributed by atoms with Gasteiger partial charge in [0.1, 0.15) is 0 Å². The van der Waals surface area contributed by atoms with Crippen LogP contribution in [0.4, 0.5) is 0 Å². The van der Waals surface area contributed by atoms with Crippen LogP contribution < -0.4 is 5.32 Å². The lowest BCUT2D eigenvalue weighted by Crippen LogP contribution is -2.23. The van der Waals surface area contributed by atoms with Crippen molar-refractivity contribution in [2.75, 3.05) is 0 Å². The van der Waals surface area contributed by atoms with Gasteiger partial charge in [0, 0.05) is 39.9 Å². The van der Waals surface area contributed by atoms with Crippen LogP contribution in [-0.2, 0) is 13.6 Å². The molecule has 4 nitrogen and oxygen atoms in total. The highest BCUT2D eigenvalue weighted by atomic mass is 79.9. The molecule has 0 spiro atoms. The van der Waals surface area contributed by atoms with E-state index in [1.165, 1.54) is 0 Å². The normalized spacial score (nSPS) is 10.7. The number of nitrogens with one attached hydrogen (secondary N) is 1. The van der Waals surface area contributed by atoms with Gasteiger partial charge in [-0.15, -0.1) is 0 Å². The Balaban J connectivity index is 2.12. The van der Waals surface area contributed by atoms with Gasteiger partial charge in [-0.2, -0.15) is 5.10 Å². The van der Waals surface area contributed by atoms with Crippen LogP contribution >= 0.6 is 27.5 Å². The van der Waals surface area contributed by atoms with Crippen molar-refractivity contribution < 1.29 is 4.79 Å². The van der Waals surface area contributed by atoms with Crippen LogP contribution in [0.2, 0.25) is 5.02 Å². The lowest BCUT2D eigenvalue weighted by atomic mass is 10.1. The predicted molar refractivity (Wildman–Crippen MR) is 83.0 cm³/mol. The number of rotatable bonds is 3. The van der Waals surface area contributed by atoms with Gasteiger partial charge in [0.25, 0.3) is 5.91 Å². The highest BCUT2D eigenvalue weighted by Gasteiger charge is 2.12. The molecular formula is C14H15BrClN3O. The lowest BCUT2D eigenvalue weighted by molar-refractivity contribution is 0.0951. The van der Waals surface area contributed by atoms with Crippen LogP contribution in [0.3, 0.4) is 0 Å². The fourth-order valence-electron chi connectivity index (χ4n) is 2.03. The van der Waals surface area contributed by atoms with Gasteiger partial charge in [-0.3, -0.25) is 9.48 Å². The van der Waals surface area contributed by atoms with Gasteiger partial charge in [-0.05, 0) is 32.0 Å². The van der Waals surface area contributed by atoms with Crippen molar-refractivity contribution in [3.63, 3.8) is 0 Å². The van der Waals surface area contributed by atoms with Crippen molar-refractivity contribution >= 4 is 33.4 Å². The Labute approximate surface area is 131 Å². The molecule has 2 rings (SSSR count). The van der Waals surface area contributed by atoms with Gasteiger partial charge >= 0.3 is 0 Å². The van der Waals surface area contributed by atoms with Crippen LogP contribution in [0, 0.1) is 13.8 Å². The van der Waals surface area contributed by atoms with Gasteiger partial charge < -0.3 is 5.32 Å². The zero-order valence-electron chi connectivity index (χ0n) is 11.5. The van der Waals surface area contributed by atoms with Crippen molar-refractivity contribution in [3.8, 4) is 0 Å². The molecule has 2 aromatic rings. The molecule has 6 heteroatoms. The predicted octanol–water partition coefficient (Wildman–Crippen LogP) is 3.38. The number of benzene rings is 1. The van der Waals surface area contributed by atoms with E-state index in [0.717, 1.165) is 21.4 Å². The number of carbonyl (C=O) groups excluding carboxylic acids is 1. The molecule has 1 aromatic carbocycles. The summed E-state index contributed by atoms with van der Waals surface area (Å²) in [5.41, 5.74) is 3.55. The van der Waals surface area contributed by atoms with E-state index in [-0.39, 0.29) is 5.91 Å². The van der Waals surface area contributed by atoms with E-state index < -0.39 is 0 Å². The molecule has 0 atom stereocenters. The third-order valence-corrected chi connectivity index (χ3v) is 3.89. The molecule has 1 N–H and O–H groups in total. The first-order valence-corrected chi connectivity index (χ1v) is 7.29. The fraction of sp³-hybridized carbons (Fsp3) is 0.286. The quantitative estimate of drug-likeness (QED) is 0.916. The van der Waals surface area contributed by atoms with Crippen LogP contribution in [0.5, 0.6) is 0 Å². The van der Waals surface area contributed by atoms with E-state index in [4.69, 9.17) is 11.6 Å². The Bertz CT molecular complexity index is 646. The maximum atomic E-state index is 12.1. The van der Waals surface area contributed by atoms with Crippen LogP contribution in [-0.4, -0.2) is 15.7 Å². The molecule has 0 saturated carbocycles. The summed E-state index contributed by atoms with van der Waals surface area (Å²) in [6, 6.07) is 5.13. The highest BCUT2D eigenvalue weighted by Crippen LogP contribution is 2.20. The van der Waals surface area contributed by atoms with Crippen molar-refractivity contribution in [1.29, 1.82) is 0 Å². The number of halogens is 2. The molecular weight excluding hydrogens is 342 g/mol. The molecule has 0 fully saturated rings. The smallest absolute Gasteiger partial charge is 0.251 e. The van der Waals surface area contributed by atoms with Gasteiger partial charge in [-0.1, -0.05) is 27.5 Å². The van der Waals surface area contributed by atoms with Crippen LogP contribution in [0.15, 0.2) is 22.7 Å². The summed E-state index contributed by atoms with van der Waals surface area (Å²) in [5, 5.41) is 7.75. The largest absolute Gasteiger partial charge is 0.348 e. The molecule has 1 heterocycles. The summed E-state index contributed by atoms with van der Waals surface area (Å²) in [6.45, 7) is 4.37. The first-order chi connectivity index (χ1) is 9.38. The summed E-state index contributed by atoms with van der Waals surface area (Å²) in [4.78, 5) is 12.1. The third-order valence-electron chi connectivity index (χ3n) is 3.21. The Hall–Kier alpha value is -1.33. The van der Waals surface area contributed by atoms with Crippen molar-refractivity contribution in [1.82, 2.24) is 15.1 Å². The van der Waals surface area contributed by atoms with Gasteiger partial charge in [-0.25, -0.2) is 0 Å². The number of hydrogen-bond donors (Lipinski definition) is 1. The van der Waals surface area contributed by atoms with E-state index >= 15 is 0 Å². The van der Waals surface area contributed by atoms with E-state index in [9.17, 15) is 4.79 Å². The second-order valence-corrected chi connectivity index (χ2v) is 5.97. The molecule has 0 unspecified atom stereocenters. The Morgan fingerprint density at radius 3 is 2.65 bits per heavy atom. The molecule has 106 valence electrons. The van der Waals surface area contributed by atoms with E-state index in [2.05, 4.69) is 26.3 Å². The Morgan fingerprint density at radius 1 is 1.40 bits per heavy atom. The molecule has 0 bridgehead atoms. The minimum atomic E-state index is -0.157. The lowest BCUT2D eigenvalue weighted by Gasteiger charge is -2.07. The summed E-state index contributed by atoms with van der Waals surface area (Å²) in [6.07, 6.45) is 0. The average Bonchev–Trinajstić information content (AvgIpc) is 2.60. The van der Waals surface area contributed by atoms with Crippen molar-refractivity contribution in [2.24, 2.45) is 7.05 Å². The number of aromatic nitrogens is 2. The monoisotopic (exact) mass is 355 g/mol. The molecule has 0 aliphatic rings. The third kappa shape index (κ3) is 3.22. The first-order valence-electron chi connectivity index (χ1n) is 6.12. The standard InChI is InChI=1S/C14H15BrClN3O/c1-8-13(9(2)19(3)18-8)7-17-14(20)10-4-11(15)6-12(16)5-10/h4-6H,7H2,1-3H3,(H,17,20). The molecule has 0 radical (unpaired) electrons. The van der Waals surface area contributed by atoms with E-state index in [1.807, 2.05) is 25.6 Å². The summed E-state index contributed by atoms with van der Waals surface area (Å²) >= 11 is 9.27. The molecule has 1 aromatic heterocycles. The molecule has 0 saturated heterocycles. The second kappa shape index (κ2) is 5.97. The van der Waals surface area contributed by atoms with Crippen LogP contribution in [0.1, 0.15) is 27.3 Å². The highest BCUT2D eigenvalue weighted by molar-refractivity contribution is 9.10. The number of aryl methyl sites for hydroxylation is 2. The van der Waals surface area contributed by atoms with Gasteiger partial charge in [0.05, 0.1) is 5.69 Å². The molecule has 1 amide bonds. The maximum absolute atomic E-state index is 12.1. The number of nitrogens with zero attached hydrogens (tertiary/aromatic N) is 2. The summed E-state index contributed by atoms with van der Waals surface area (Å²) in [7, 11) is 1.89. The molecule has 20 heavy (non-hydrogen) atoms. The van der Waals surface area contributed by atoms with Crippen molar-refractivity contribution in [3.05, 3.63) is 50.2 Å². The van der Waals surface area contributed by atoms with Crippen LogP contribution in [0.25, 0.3) is 0 Å². The minimum Gasteiger partial charge on any atom is -0.348 e. The Morgan fingerprint density at radius 2 is 2.10 bits per heavy atom. The van der Waals surface area contributed by atoms with Gasteiger partial charge in [0.15, 0.2) is 0 Å². The number of carbonyl (C=O) groups is 1. The number of amides is 1. The minimum absolute atomic E-state index is 0.157.